The number of hydrogen-bond donors (Lipinski definition) is 5. The largest absolute Gasteiger partial charge is 0.497 e. The molecule has 4 aromatic rings. The van der Waals surface area contributed by atoms with Crippen molar-refractivity contribution in [1.29, 1.82) is 5.26 Å². The molecule has 2 aliphatic rings. The van der Waals surface area contributed by atoms with Gasteiger partial charge >= 0.3 is 12.2 Å². The summed E-state index contributed by atoms with van der Waals surface area (Å²) in [5.41, 5.74) is 1.74. The molecule has 0 radical (unpaired) electrons. The third-order valence-corrected chi connectivity index (χ3v) is 15.8. The second kappa shape index (κ2) is 24.0. The maximum atomic E-state index is 12.8. The van der Waals surface area contributed by atoms with E-state index in [4.69, 9.17) is 18.9 Å². The van der Waals surface area contributed by atoms with Gasteiger partial charge < -0.3 is 39.8 Å². The molecule has 344 valence electrons. The van der Waals surface area contributed by atoms with Gasteiger partial charge in [-0.25, -0.2) is 35.9 Å². The number of carbonyl (C=O) groups excluding carboxylic acids is 2. The molecule has 0 saturated carbocycles. The summed E-state index contributed by atoms with van der Waals surface area (Å²) in [4.78, 5) is 25.8. The molecule has 0 aliphatic carbocycles. The van der Waals surface area contributed by atoms with E-state index in [1.165, 1.54) is 11.0 Å². The number of likely N-dealkylation sites (tertiary alicyclic amines) is 1. The summed E-state index contributed by atoms with van der Waals surface area (Å²) in [7, 11) is -4.37. The fraction of sp³-hybridized carbons (Fsp3) is 0.341. The monoisotopic (exact) mass is 1170 g/mol. The van der Waals surface area contributed by atoms with E-state index in [-0.39, 0.29) is 48.2 Å². The molecule has 5 N–H and O–H groups in total. The number of nitrogens with one attached hydrogen (secondary N) is 5. The Labute approximate surface area is 405 Å². The van der Waals surface area contributed by atoms with E-state index in [0.29, 0.717) is 55.3 Å². The van der Waals surface area contributed by atoms with Crippen LogP contribution in [-0.2, 0) is 42.6 Å². The van der Waals surface area contributed by atoms with Crippen molar-refractivity contribution < 1.29 is 45.4 Å². The Morgan fingerprint density at radius 3 is 1.72 bits per heavy atom. The van der Waals surface area contributed by atoms with Gasteiger partial charge in [-0.3, -0.25) is 0 Å². The van der Waals surface area contributed by atoms with Crippen molar-refractivity contribution in [1.82, 2.24) is 30.3 Å². The van der Waals surface area contributed by atoms with Crippen molar-refractivity contribution >= 4 is 96.0 Å². The Morgan fingerprint density at radius 1 is 0.719 bits per heavy atom. The Morgan fingerprint density at radius 2 is 1.22 bits per heavy atom. The zero-order chi connectivity index (χ0) is 46.4. The van der Waals surface area contributed by atoms with Crippen molar-refractivity contribution in [3.05, 3.63) is 114 Å². The van der Waals surface area contributed by atoms with Gasteiger partial charge in [0.15, 0.2) is 6.19 Å². The first-order valence-corrected chi connectivity index (χ1v) is 25.5. The lowest BCUT2D eigenvalue weighted by Gasteiger charge is -2.17. The molecule has 23 heteroatoms. The van der Waals surface area contributed by atoms with Crippen molar-refractivity contribution in [2.75, 3.05) is 40.5 Å². The number of methoxy groups -OCH3 is 2. The summed E-state index contributed by atoms with van der Waals surface area (Å²) in [6.07, 6.45) is 1.71. The number of sulfonamides is 2. The highest BCUT2D eigenvalue weighted by atomic mass is 79.9. The van der Waals surface area contributed by atoms with Crippen LogP contribution in [0.3, 0.4) is 0 Å². The van der Waals surface area contributed by atoms with E-state index in [0.717, 1.165) is 11.1 Å². The van der Waals surface area contributed by atoms with Gasteiger partial charge in [0.2, 0.25) is 20.0 Å². The van der Waals surface area contributed by atoms with Crippen LogP contribution in [0, 0.1) is 11.5 Å². The first-order valence-electron chi connectivity index (χ1n) is 19.4. The number of nitrogens with zero attached hydrogens (tertiary/aromatic N) is 2. The molecule has 64 heavy (non-hydrogen) atoms. The van der Waals surface area contributed by atoms with E-state index in [1.807, 2.05) is 42.6 Å². The van der Waals surface area contributed by atoms with Crippen LogP contribution in [0.1, 0.15) is 24.0 Å². The Bertz CT molecular complexity index is 2540. The maximum absolute atomic E-state index is 12.8. The van der Waals surface area contributed by atoms with Gasteiger partial charge in [-0.15, -0.1) is 0 Å². The Kier molecular flexibility index (Phi) is 19.1. The fourth-order valence-corrected chi connectivity index (χ4v) is 12.1. The molecule has 2 heterocycles. The lowest BCUT2D eigenvalue weighted by Crippen LogP contribution is -2.36. The molecule has 4 atom stereocenters. The number of benzene rings is 4. The average Bonchev–Trinajstić information content (AvgIpc) is 3.90. The number of halogens is 4. The third-order valence-electron chi connectivity index (χ3n) is 9.74. The van der Waals surface area contributed by atoms with Gasteiger partial charge in [0.25, 0.3) is 0 Å². The first-order chi connectivity index (χ1) is 30.5. The van der Waals surface area contributed by atoms with Gasteiger partial charge in [0, 0.05) is 62.2 Å². The predicted octanol–water partition coefficient (Wildman–Crippen LogP) is 6.50. The van der Waals surface area contributed by atoms with Crippen molar-refractivity contribution in [3.63, 3.8) is 0 Å². The summed E-state index contributed by atoms with van der Waals surface area (Å²) in [5.74, 6) is 1.40. The zero-order valence-corrected chi connectivity index (χ0v) is 42.3. The maximum Gasteiger partial charge on any atom is 0.407 e. The molecule has 2 fully saturated rings. The highest BCUT2D eigenvalue weighted by molar-refractivity contribution is 9.11. The number of alkyl carbamates (subject to hydrolysis) is 2. The van der Waals surface area contributed by atoms with Crippen LogP contribution in [0.15, 0.2) is 113 Å². The third kappa shape index (κ3) is 15.3. The van der Waals surface area contributed by atoms with Crippen LogP contribution >= 0.6 is 63.7 Å². The summed E-state index contributed by atoms with van der Waals surface area (Å²) in [6, 6.07) is 23.1. The summed E-state index contributed by atoms with van der Waals surface area (Å²) < 4.78 is 79.5. The fourth-order valence-electron chi connectivity index (χ4n) is 6.61. The second-order valence-corrected chi connectivity index (χ2v) is 21.3. The highest BCUT2D eigenvalue weighted by Gasteiger charge is 2.36. The van der Waals surface area contributed by atoms with Gasteiger partial charge in [0.05, 0.1) is 30.1 Å². The lowest BCUT2D eigenvalue weighted by molar-refractivity contribution is 0.121. The number of carbonyl (C=O) groups is 2. The molecule has 0 spiro atoms. The number of ether oxygens (including phenoxy) is 4. The minimum Gasteiger partial charge on any atom is -0.497 e. The van der Waals surface area contributed by atoms with Gasteiger partial charge in [-0.2, -0.15) is 5.26 Å². The molecule has 17 nitrogen and oxygen atoms in total. The highest BCUT2D eigenvalue weighted by Crippen LogP contribution is 2.28. The standard InChI is InChI=1S/C21H22Br2N4O5S.C20H23Br2N3O5S/c1-31-18-4-2-3-14(7-18)10-25-21(28)32-12-17-9-16(11-27(17)13-24)26-33(29,30)20-8-15(22)5-6-19(20)23;1-29-17-4-2-3-13(7-17)10-24-20(26)30-12-16-9-15(11-23-16)25-31(27,28)19-8-14(21)5-6-18(19)22/h2-8,16-17,26H,9-12H2,1H3,(H,25,28);2-8,15-16,23,25H,9-12H2,1H3,(H,24,26)/t16-,17-;15-,16-/m11/s1. The van der Waals surface area contributed by atoms with E-state index in [9.17, 15) is 31.7 Å². The number of rotatable bonds is 16. The molecular weight excluding hydrogens is 1130 g/mol. The molecule has 0 bridgehead atoms. The molecule has 2 aliphatic heterocycles. The predicted molar refractivity (Wildman–Crippen MR) is 251 cm³/mol. The van der Waals surface area contributed by atoms with Crippen LogP contribution in [0.4, 0.5) is 9.59 Å². The van der Waals surface area contributed by atoms with Crippen LogP contribution < -0.4 is 34.9 Å². The quantitative estimate of drug-likeness (QED) is 0.0756. The van der Waals surface area contributed by atoms with Crippen LogP contribution in [0.5, 0.6) is 11.5 Å². The number of hydrogen-bond acceptors (Lipinski definition) is 13. The molecule has 6 rings (SSSR count). The first kappa shape index (κ1) is 51.0. The van der Waals surface area contributed by atoms with Crippen molar-refractivity contribution in [2.24, 2.45) is 0 Å². The van der Waals surface area contributed by atoms with Crippen molar-refractivity contribution in [2.45, 2.75) is 59.9 Å². The van der Waals surface area contributed by atoms with E-state index in [1.54, 1.807) is 56.7 Å². The summed E-state index contributed by atoms with van der Waals surface area (Å²) in [5, 5.41) is 18.0. The van der Waals surface area contributed by atoms with Gasteiger partial charge in [0.1, 0.15) is 24.7 Å². The van der Waals surface area contributed by atoms with Crippen LogP contribution in [-0.4, -0.2) is 98.6 Å². The minimum atomic E-state index is -3.82. The normalized spacial score (nSPS) is 18.2. The SMILES string of the molecule is COc1cccc(CNC(=O)OC[C@H]2C[C@@H](NS(=O)(=O)c3cc(Br)ccc3Br)CN2)c1.COc1cccc(CNC(=O)OC[C@H]2C[C@@H](NS(=O)(=O)c3cc(Br)ccc3Br)CN2C#N)c1. The molecule has 0 aromatic heterocycles. The second-order valence-electron chi connectivity index (χ2n) is 14.4. The van der Waals surface area contributed by atoms with E-state index in [2.05, 4.69) is 89.1 Å². The van der Waals surface area contributed by atoms with Crippen molar-refractivity contribution in [3.8, 4) is 17.7 Å². The molecule has 0 unspecified atom stereocenters. The molecular formula is C41H45Br4N7O10S2. The van der Waals surface area contributed by atoms with E-state index < -0.39 is 44.3 Å². The molecule has 2 amide bonds. The van der Waals surface area contributed by atoms with Crippen LogP contribution in [0.2, 0.25) is 0 Å². The Hall–Kier alpha value is -3.99. The lowest BCUT2D eigenvalue weighted by atomic mass is 10.2. The topological polar surface area (TPSA) is 227 Å². The van der Waals surface area contributed by atoms with Gasteiger partial charge in [-0.05, 0) is 116 Å². The summed E-state index contributed by atoms with van der Waals surface area (Å²) in [6.45, 7) is 1.30. The van der Waals surface area contributed by atoms with E-state index >= 15 is 0 Å². The number of nitriles is 1. The minimum absolute atomic E-state index is 0.0453. The van der Waals surface area contributed by atoms with Crippen LogP contribution in [0.25, 0.3) is 0 Å². The molecule has 2 saturated heterocycles. The zero-order valence-electron chi connectivity index (χ0n) is 34.4. The van der Waals surface area contributed by atoms with Gasteiger partial charge in [-0.1, -0.05) is 56.1 Å². The average molecular weight is 1180 g/mol. The smallest absolute Gasteiger partial charge is 0.407 e. The molecule has 4 aromatic carbocycles. The number of amides is 2. The Balaban J connectivity index is 0.000000241. The summed E-state index contributed by atoms with van der Waals surface area (Å²) >= 11 is 13.1.